The summed E-state index contributed by atoms with van der Waals surface area (Å²) < 4.78 is 18.9. The summed E-state index contributed by atoms with van der Waals surface area (Å²) in [6.07, 6.45) is 3.69. The molecule has 0 saturated carbocycles. The minimum absolute atomic E-state index is 0.166. The molecule has 1 aromatic heterocycles. The molecule has 122 valence electrons. The predicted octanol–water partition coefficient (Wildman–Crippen LogP) is 1.55. The van der Waals surface area contributed by atoms with Crippen molar-refractivity contribution in [3.8, 4) is 0 Å². The Kier molecular flexibility index (Phi) is 5.27. The van der Waals surface area contributed by atoms with E-state index in [2.05, 4.69) is 14.9 Å². The highest BCUT2D eigenvalue weighted by atomic mass is 19.1. The van der Waals surface area contributed by atoms with Crippen molar-refractivity contribution in [1.82, 2.24) is 14.9 Å². The van der Waals surface area contributed by atoms with Crippen molar-refractivity contribution in [2.75, 3.05) is 19.7 Å². The average Bonchev–Trinajstić information content (AvgIpc) is 2.56. The first-order valence-corrected chi connectivity index (χ1v) is 7.71. The molecular formula is C17H20FN3O2. The zero-order chi connectivity index (χ0) is 16.1. The van der Waals surface area contributed by atoms with Crippen molar-refractivity contribution in [2.45, 2.75) is 25.7 Å². The van der Waals surface area contributed by atoms with Crippen molar-refractivity contribution in [2.24, 2.45) is 0 Å². The molecule has 2 aromatic rings. The molecule has 2 heterocycles. The maximum absolute atomic E-state index is 13.5. The molecule has 0 unspecified atom stereocenters. The molecule has 0 saturated heterocycles. The van der Waals surface area contributed by atoms with E-state index in [1.165, 1.54) is 11.6 Å². The lowest BCUT2D eigenvalue weighted by atomic mass is 10.1. The fourth-order valence-corrected chi connectivity index (χ4v) is 2.73. The highest BCUT2D eigenvalue weighted by molar-refractivity contribution is 5.19. The van der Waals surface area contributed by atoms with E-state index in [9.17, 15) is 9.50 Å². The quantitative estimate of drug-likeness (QED) is 0.876. The Labute approximate surface area is 134 Å². The van der Waals surface area contributed by atoms with Gasteiger partial charge in [-0.3, -0.25) is 4.90 Å². The van der Waals surface area contributed by atoms with Gasteiger partial charge in [0.25, 0.3) is 0 Å². The molecular weight excluding hydrogens is 297 g/mol. The number of hydrogen-bond donors (Lipinski definition) is 1. The molecule has 0 fully saturated rings. The highest BCUT2D eigenvalue weighted by Gasteiger charge is 2.19. The average molecular weight is 317 g/mol. The normalized spacial score (nSPS) is 16.1. The second kappa shape index (κ2) is 7.59. The molecule has 5 nitrogen and oxygen atoms in total. The summed E-state index contributed by atoms with van der Waals surface area (Å²) in [5, 5.41) is 10.1. The van der Waals surface area contributed by atoms with E-state index in [-0.39, 0.29) is 19.0 Å². The van der Waals surface area contributed by atoms with Gasteiger partial charge in [-0.25, -0.2) is 14.4 Å². The molecule has 1 N–H and O–H groups in total. The van der Waals surface area contributed by atoms with Crippen LogP contribution in [0.5, 0.6) is 0 Å². The standard InChI is InChI=1S/C17H20FN3O2/c18-16-4-2-1-3-14(16)10-23-11-15(22)8-21-6-5-13-7-19-12-20-17(13)9-21/h1-4,7,12,15,22H,5-6,8-11H2/t15-/m1/s1. The van der Waals surface area contributed by atoms with Gasteiger partial charge in [-0.2, -0.15) is 0 Å². The molecule has 1 aromatic carbocycles. The first-order valence-electron chi connectivity index (χ1n) is 7.71. The van der Waals surface area contributed by atoms with E-state index in [1.807, 2.05) is 6.20 Å². The zero-order valence-corrected chi connectivity index (χ0v) is 12.9. The van der Waals surface area contributed by atoms with Gasteiger partial charge in [0.2, 0.25) is 0 Å². The van der Waals surface area contributed by atoms with Crippen LogP contribution in [-0.4, -0.2) is 45.8 Å². The molecule has 3 rings (SSSR count). The maximum Gasteiger partial charge on any atom is 0.128 e. The van der Waals surface area contributed by atoms with Crippen molar-refractivity contribution < 1.29 is 14.2 Å². The Balaban J connectivity index is 1.43. The number of β-amino-alcohol motifs (C(OH)–C–C–N with tert-alkyl or cyclic N) is 1. The van der Waals surface area contributed by atoms with Gasteiger partial charge in [-0.05, 0) is 18.1 Å². The molecule has 6 heteroatoms. The van der Waals surface area contributed by atoms with Gasteiger partial charge in [0.15, 0.2) is 0 Å². The van der Waals surface area contributed by atoms with Crippen LogP contribution < -0.4 is 0 Å². The summed E-state index contributed by atoms with van der Waals surface area (Å²) in [4.78, 5) is 10.5. The Morgan fingerprint density at radius 3 is 3.09 bits per heavy atom. The highest BCUT2D eigenvalue weighted by Crippen LogP contribution is 2.15. The van der Waals surface area contributed by atoms with E-state index in [0.29, 0.717) is 18.7 Å². The van der Waals surface area contributed by atoms with E-state index in [4.69, 9.17) is 4.74 Å². The number of fused-ring (bicyclic) bond motifs is 1. The molecule has 0 bridgehead atoms. The van der Waals surface area contributed by atoms with Crippen molar-refractivity contribution in [3.63, 3.8) is 0 Å². The summed E-state index contributed by atoms with van der Waals surface area (Å²) >= 11 is 0. The number of aliphatic hydroxyl groups excluding tert-OH is 1. The summed E-state index contributed by atoms with van der Waals surface area (Å²) in [7, 11) is 0. The first-order chi connectivity index (χ1) is 11.2. The maximum atomic E-state index is 13.5. The number of rotatable bonds is 6. The van der Waals surface area contributed by atoms with Crippen LogP contribution >= 0.6 is 0 Å². The first kappa shape index (κ1) is 16.0. The SMILES string of the molecule is O[C@@H](COCc1ccccc1F)CN1CCc2cncnc2C1. The predicted molar refractivity (Wildman–Crippen MR) is 83.1 cm³/mol. The number of benzene rings is 1. The number of hydrogen-bond acceptors (Lipinski definition) is 5. The Bertz CT molecular complexity index is 653. The third kappa shape index (κ3) is 4.31. The van der Waals surface area contributed by atoms with Crippen LogP contribution in [0.2, 0.25) is 0 Å². The Morgan fingerprint density at radius 1 is 1.35 bits per heavy atom. The van der Waals surface area contributed by atoms with Crippen molar-refractivity contribution in [3.05, 3.63) is 59.4 Å². The Hall–Kier alpha value is -1.89. The van der Waals surface area contributed by atoms with Gasteiger partial charge in [0.05, 0.1) is 25.0 Å². The molecule has 1 aliphatic rings. The van der Waals surface area contributed by atoms with Gasteiger partial charge in [0.1, 0.15) is 12.1 Å². The van der Waals surface area contributed by atoms with E-state index in [0.717, 1.165) is 18.7 Å². The molecule has 0 radical (unpaired) electrons. The van der Waals surface area contributed by atoms with Gasteiger partial charge in [0, 0.05) is 31.4 Å². The van der Waals surface area contributed by atoms with E-state index < -0.39 is 6.10 Å². The van der Waals surface area contributed by atoms with Crippen LogP contribution in [0.25, 0.3) is 0 Å². The lowest BCUT2D eigenvalue weighted by Gasteiger charge is -2.29. The number of aliphatic hydroxyl groups is 1. The van der Waals surface area contributed by atoms with Crippen LogP contribution in [-0.2, 0) is 24.3 Å². The third-order valence-electron chi connectivity index (χ3n) is 3.95. The minimum atomic E-state index is -0.606. The summed E-state index contributed by atoms with van der Waals surface area (Å²) in [6.45, 7) is 2.44. The molecule has 0 aliphatic carbocycles. The molecule has 1 atom stereocenters. The van der Waals surface area contributed by atoms with Crippen molar-refractivity contribution in [1.29, 1.82) is 0 Å². The number of halogens is 1. The minimum Gasteiger partial charge on any atom is -0.389 e. The van der Waals surface area contributed by atoms with Gasteiger partial charge in [-0.1, -0.05) is 18.2 Å². The largest absolute Gasteiger partial charge is 0.389 e. The topological polar surface area (TPSA) is 58.5 Å². The van der Waals surface area contributed by atoms with Crippen LogP contribution in [0.4, 0.5) is 4.39 Å². The molecule has 0 spiro atoms. The molecule has 0 amide bonds. The smallest absolute Gasteiger partial charge is 0.128 e. The van der Waals surface area contributed by atoms with Crippen LogP contribution in [0.1, 0.15) is 16.8 Å². The fraction of sp³-hybridized carbons (Fsp3) is 0.412. The summed E-state index contributed by atoms with van der Waals surface area (Å²) in [6, 6.07) is 6.50. The zero-order valence-electron chi connectivity index (χ0n) is 12.9. The van der Waals surface area contributed by atoms with Crippen molar-refractivity contribution >= 4 is 0 Å². The van der Waals surface area contributed by atoms with Crippen LogP contribution in [0.3, 0.4) is 0 Å². The van der Waals surface area contributed by atoms with Crippen LogP contribution in [0, 0.1) is 5.82 Å². The lowest BCUT2D eigenvalue weighted by Crippen LogP contribution is -2.38. The lowest BCUT2D eigenvalue weighted by molar-refractivity contribution is 0.00675. The fourth-order valence-electron chi connectivity index (χ4n) is 2.73. The molecule has 23 heavy (non-hydrogen) atoms. The van der Waals surface area contributed by atoms with E-state index >= 15 is 0 Å². The second-order valence-electron chi connectivity index (χ2n) is 5.74. The third-order valence-corrected chi connectivity index (χ3v) is 3.95. The summed E-state index contributed by atoms with van der Waals surface area (Å²) in [5.41, 5.74) is 2.70. The number of aromatic nitrogens is 2. The van der Waals surface area contributed by atoms with Gasteiger partial charge >= 0.3 is 0 Å². The molecule has 1 aliphatic heterocycles. The van der Waals surface area contributed by atoms with Gasteiger partial charge in [-0.15, -0.1) is 0 Å². The summed E-state index contributed by atoms with van der Waals surface area (Å²) in [5.74, 6) is -0.283. The number of nitrogens with zero attached hydrogens (tertiary/aromatic N) is 3. The van der Waals surface area contributed by atoms with Gasteiger partial charge < -0.3 is 9.84 Å². The number of ether oxygens (including phenoxy) is 1. The monoisotopic (exact) mass is 317 g/mol. The van der Waals surface area contributed by atoms with E-state index in [1.54, 1.807) is 24.5 Å². The van der Waals surface area contributed by atoms with Crippen LogP contribution in [0.15, 0.2) is 36.8 Å². The second-order valence-corrected chi connectivity index (χ2v) is 5.74. The Morgan fingerprint density at radius 2 is 2.22 bits per heavy atom.